The molecule has 33 heavy (non-hydrogen) atoms. The van der Waals surface area contributed by atoms with Crippen molar-refractivity contribution in [3.8, 4) is 6.07 Å². The number of carbonyl (C=O) groups excluding carboxylic acids is 1. The molecule has 3 N–H and O–H groups in total. The number of Topliss-reactive ketones (excluding diaryl/α,β-unsaturated/α-hetero) is 1. The zero-order valence-electron chi connectivity index (χ0n) is 18.4. The molecule has 174 valence electrons. The monoisotopic (exact) mass is 470 g/mol. The Balaban J connectivity index is 1.73. The first kappa shape index (κ1) is 23.0. The zero-order chi connectivity index (χ0) is 23.8. The molecule has 0 bridgehead atoms. The van der Waals surface area contributed by atoms with Crippen molar-refractivity contribution in [3.05, 3.63) is 41.7 Å². The molecule has 0 spiro atoms. The first-order chi connectivity index (χ1) is 15.7. The Labute approximate surface area is 192 Å². The largest absolute Gasteiger partial charge is 0.369 e. The summed E-state index contributed by atoms with van der Waals surface area (Å²) >= 11 is 0. The highest BCUT2D eigenvalue weighted by Crippen LogP contribution is 2.41. The van der Waals surface area contributed by atoms with Crippen LogP contribution < -0.4 is 10.6 Å². The summed E-state index contributed by atoms with van der Waals surface area (Å²) in [4.78, 5) is 12.0. The van der Waals surface area contributed by atoms with Crippen LogP contribution in [0.2, 0.25) is 0 Å². The molecule has 1 fully saturated rings. The molecule has 2 heterocycles. The predicted molar refractivity (Wildman–Crippen MR) is 122 cm³/mol. The number of aromatic nitrogens is 2. The van der Waals surface area contributed by atoms with Crippen molar-refractivity contribution in [2.45, 2.75) is 48.8 Å². The molecule has 4 rings (SSSR count). The van der Waals surface area contributed by atoms with Crippen molar-refractivity contribution >= 4 is 33.4 Å². The summed E-state index contributed by atoms with van der Waals surface area (Å²) in [6.45, 7) is 0. The number of anilines is 2. The van der Waals surface area contributed by atoms with Crippen molar-refractivity contribution in [2.75, 3.05) is 19.4 Å². The predicted octanol–water partition coefficient (Wildman–Crippen LogP) is 2.19. The van der Waals surface area contributed by atoms with E-state index in [4.69, 9.17) is 5.10 Å². The number of nitrogens with one attached hydrogen (secondary N) is 2. The van der Waals surface area contributed by atoms with E-state index in [0.29, 0.717) is 48.4 Å². The second kappa shape index (κ2) is 8.62. The van der Waals surface area contributed by atoms with E-state index < -0.39 is 21.8 Å². The molecule has 1 atom stereocenters. The van der Waals surface area contributed by atoms with Crippen molar-refractivity contribution < 1.29 is 18.3 Å². The van der Waals surface area contributed by atoms with Gasteiger partial charge in [0.2, 0.25) is 10.0 Å². The molecule has 0 saturated heterocycles. The van der Waals surface area contributed by atoms with Crippen LogP contribution in [-0.4, -0.2) is 47.5 Å². The zero-order valence-corrected chi connectivity index (χ0v) is 19.3. The lowest BCUT2D eigenvalue weighted by Gasteiger charge is -2.36. The summed E-state index contributed by atoms with van der Waals surface area (Å²) in [6, 6.07) is 8.50. The number of sulfonamides is 1. The molecule has 1 aromatic heterocycles. The molecule has 0 radical (unpaired) electrons. The minimum Gasteiger partial charge on any atom is -0.369 e. The van der Waals surface area contributed by atoms with Gasteiger partial charge in [-0.25, -0.2) is 12.7 Å². The van der Waals surface area contributed by atoms with E-state index in [2.05, 4.69) is 16.7 Å². The van der Waals surface area contributed by atoms with E-state index in [1.807, 2.05) is 0 Å². The lowest BCUT2D eigenvalue weighted by Crippen LogP contribution is -2.39. The van der Waals surface area contributed by atoms with Gasteiger partial charge in [0, 0.05) is 38.8 Å². The standard InChI is InChI=1S/C22H26N6O4S/c1-27(2)33(31,32)17-5-3-15(4-6-17)25-20-19-18(9-14-24-21(19)30)28(26-20)22(12-13-23)10-7-16(29)8-11-22/h3-6,9,14,21,24,30H,7-8,10-12H2,1-2H3,(H,25,26). The smallest absolute Gasteiger partial charge is 0.242 e. The number of hydrogen-bond donors (Lipinski definition) is 3. The summed E-state index contributed by atoms with van der Waals surface area (Å²) in [5.41, 5.74) is 1.14. The second-order valence-electron chi connectivity index (χ2n) is 8.50. The third kappa shape index (κ3) is 4.13. The van der Waals surface area contributed by atoms with Gasteiger partial charge < -0.3 is 15.7 Å². The van der Waals surface area contributed by atoms with Gasteiger partial charge in [-0.3, -0.25) is 9.48 Å². The molecular formula is C22H26N6O4S. The van der Waals surface area contributed by atoms with Crippen LogP contribution in [0.3, 0.4) is 0 Å². The maximum Gasteiger partial charge on any atom is 0.242 e. The quantitative estimate of drug-likeness (QED) is 0.584. The van der Waals surface area contributed by atoms with Crippen LogP contribution >= 0.6 is 0 Å². The highest BCUT2D eigenvalue weighted by molar-refractivity contribution is 7.89. The molecule has 1 saturated carbocycles. The van der Waals surface area contributed by atoms with Gasteiger partial charge in [-0.2, -0.15) is 10.4 Å². The molecule has 1 aromatic carbocycles. The molecule has 11 heteroatoms. The van der Waals surface area contributed by atoms with Gasteiger partial charge in [-0.1, -0.05) is 0 Å². The number of hydrogen-bond acceptors (Lipinski definition) is 8. The first-order valence-corrected chi connectivity index (χ1v) is 12.0. The van der Waals surface area contributed by atoms with Crippen LogP contribution in [0.15, 0.2) is 35.4 Å². The Kier molecular flexibility index (Phi) is 6.00. The van der Waals surface area contributed by atoms with Crippen LogP contribution in [0, 0.1) is 11.3 Å². The fourth-order valence-electron chi connectivity index (χ4n) is 4.29. The van der Waals surface area contributed by atoms with Crippen molar-refractivity contribution in [2.24, 2.45) is 0 Å². The number of rotatable bonds is 6. The number of aliphatic hydroxyl groups is 1. The SMILES string of the molecule is CN(C)S(=O)(=O)c1ccc(Nc2nn(C3(CC#N)CCC(=O)CC3)c3c2C(O)NC=C3)cc1. The lowest BCUT2D eigenvalue weighted by atomic mass is 9.79. The molecule has 0 amide bonds. The number of carbonyl (C=O) groups is 1. The Morgan fingerprint density at radius 1 is 1.30 bits per heavy atom. The molecule has 10 nitrogen and oxygen atoms in total. The summed E-state index contributed by atoms with van der Waals surface area (Å²) in [6.07, 6.45) is 4.37. The third-order valence-corrected chi connectivity index (χ3v) is 8.05. The molecular weight excluding hydrogens is 444 g/mol. The average Bonchev–Trinajstić information content (AvgIpc) is 3.16. The minimum atomic E-state index is -3.55. The van der Waals surface area contributed by atoms with E-state index in [-0.39, 0.29) is 17.1 Å². The van der Waals surface area contributed by atoms with Gasteiger partial charge in [0.15, 0.2) is 12.0 Å². The summed E-state index contributed by atoms with van der Waals surface area (Å²) in [5.74, 6) is 0.569. The van der Waals surface area contributed by atoms with Crippen molar-refractivity contribution in [3.63, 3.8) is 0 Å². The van der Waals surface area contributed by atoms with Crippen LogP contribution in [0.1, 0.15) is 49.6 Å². The molecule has 1 aliphatic carbocycles. The van der Waals surface area contributed by atoms with E-state index in [1.165, 1.54) is 26.2 Å². The first-order valence-electron chi connectivity index (χ1n) is 10.6. The van der Waals surface area contributed by atoms with Gasteiger partial charge >= 0.3 is 0 Å². The van der Waals surface area contributed by atoms with E-state index in [1.54, 1.807) is 29.1 Å². The topological polar surface area (TPSA) is 140 Å². The highest BCUT2D eigenvalue weighted by Gasteiger charge is 2.41. The molecule has 1 unspecified atom stereocenters. The van der Waals surface area contributed by atoms with Gasteiger partial charge in [0.1, 0.15) is 5.78 Å². The summed E-state index contributed by atoms with van der Waals surface area (Å²) < 4.78 is 27.6. The van der Waals surface area contributed by atoms with Crippen LogP contribution in [0.25, 0.3) is 6.08 Å². The lowest BCUT2D eigenvalue weighted by molar-refractivity contribution is -0.122. The van der Waals surface area contributed by atoms with E-state index >= 15 is 0 Å². The second-order valence-corrected chi connectivity index (χ2v) is 10.6. The van der Waals surface area contributed by atoms with E-state index in [0.717, 1.165) is 4.31 Å². The number of nitrogens with zero attached hydrogens (tertiary/aromatic N) is 4. The fraction of sp³-hybridized carbons (Fsp3) is 0.409. The number of benzene rings is 1. The minimum absolute atomic E-state index is 0.162. The maximum absolute atomic E-state index is 12.3. The highest BCUT2D eigenvalue weighted by atomic mass is 32.2. The molecule has 1 aliphatic heterocycles. The Morgan fingerprint density at radius 3 is 2.58 bits per heavy atom. The van der Waals surface area contributed by atoms with Gasteiger partial charge in [0.05, 0.1) is 34.2 Å². The number of aliphatic hydroxyl groups excluding tert-OH is 1. The van der Waals surface area contributed by atoms with Crippen molar-refractivity contribution in [1.29, 1.82) is 5.26 Å². The molecule has 2 aliphatic rings. The van der Waals surface area contributed by atoms with Crippen LogP contribution in [0.4, 0.5) is 11.5 Å². The van der Waals surface area contributed by atoms with Crippen molar-refractivity contribution in [1.82, 2.24) is 19.4 Å². The van der Waals surface area contributed by atoms with E-state index in [9.17, 15) is 23.6 Å². The Morgan fingerprint density at radius 2 is 1.97 bits per heavy atom. The summed E-state index contributed by atoms with van der Waals surface area (Å²) in [7, 11) is -0.610. The average molecular weight is 471 g/mol. The van der Waals surface area contributed by atoms with Gasteiger partial charge in [-0.15, -0.1) is 0 Å². The Hall–Kier alpha value is -3.20. The van der Waals surface area contributed by atoms with Gasteiger partial charge in [-0.05, 0) is 43.2 Å². The number of ketones is 1. The third-order valence-electron chi connectivity index (χ3n) is 6.22. The Bertz CT molecular complexity index is 1230. The molecule has 2 aromatic rings. The van der Waals surface area contributed by atoms with Crippen LogP contribution in [-0.2, 0) is 20.4 Å². The fourth-order valence-corrected chi connectivity index (χ4v) is 5.19. The van der Waals surface area contributed by atoms with Gasteiger partial charge in [0.25, 0.3) is 0 Å². The number of fused-ring (bicyclic) bond motifs is 1. The normalized spacial score (nSPS) is 19.6. The maximum atomic E-state index is 12.3. The number of nitriles is 1. The van der Waals surface area contributed by atoms with Crippen LogP contribution in [0.5, 0.6) is 0 Å². The summed E-state index contributed by atoms with van der Waals surface area (Å²) in [5, 5.41) is 30.9.